The minimum atomic E-state index is -0.830. The van der Waals surface area contributed by atoms with Crippen molar-refractivity contribution in [1.29, 1.82) is 0 Å². The summed E-state index contributed by atoms with van der Waals surface area (Å²) in [7, 11) is 0. The van der Waals surface area contributed by atoms with E-state index in [0.717, 1.165) is 6.54 Å². The lowest BCUT2D eigenvalue weighted by Crippen LogP contribution is -2.43. The van der Waals surface area contributed by atoms with Gasteiger partial charge in [-0.2, -0.15) is 11.8 Å². The average molecular weight is 274 g/mol. The summed E-state index contributed by atoms with van der Waals surface area (Å²) in [6.07, 6.45) is 2.88. The molecule has 1 heterocycles. The molecule has 1 aliphatic heterocycles. The number of aliphatic carboxylic acids is 1. The summed E-state index contributed by atoms with van der Waals surface area (Å²) < 4.78 is 0. The minimum absolute atomic E-state index is 0.0846. The van der Waals surface area contributed by atoms with Crippen LogP contribution in [0.3, 0.4) is 0 Å². The zero-order valence-electron chi connectivity index (χ0n) is 10.8. The highest BCUT2D eigenvalue weighted by Crippen LogP contribution is 2.21. The summed E-state index contributed by atoms with van der Waals surface area (Å²) in [6.45, 7) is 2.54. The van der Waals surface area contributed by atoms with Gasteiger partial charge in [0, 0.05) is 19.0 Å². The molecular weight excluding hydrogens is 252 g/mol. The van der Waals surface area contributed by atoms with Gasteiger partial charge in [0.1, 0.15) is 0 Å². The summed E-state index contributed by atoms with van der Waals surface area (Å²) in [5, 5.41) is 14.2. The van der Waals surface area contributed by atoms with Crippen LogP contribution in [0.5, 0.6) is 0 Å². The third kappa shape index (κ3) is 6.74. The molecular formula is C12H22N2O3S. The number of urea groups is 1. The van der Waals surface area contributed by atoms with E-state index in [1.165, 1.54) is 24.3 Å². The Bertz CT molecular complexity index is 280. The van der Waals surface area contributed by atoms with Gasteiger partial charge in [-0.15, -0.1) is 0 Å². The van der Waals surface area contributed by atoms with Crippen LogP contribution >= 0.6 is 11.8 Å². The first kappa shape index (κ1) is 15.1. The molecule has 0 bridgehead atoms. The van der Waals surface area contributed by atoms with Crippen molar-refractivity contribution in [3.05, 3.63) is 0 Å². The van der Waals surface area contributed by atoms with Crippen LogP contribution in [0.4, 0.5) is 4.79 Å². The van der Waals surface area contributed by atoms with Crippen molar-refractivity contribution in [3.63, 3.8) is 0 Å². The molecule has 0 saturated carbocycles. The third-order valence-electron chi connectivity index (χ3n) is 3.06. The van der Waals surface area contributed by atoms with Crippen LogP contribution in [0.15, 0.2) is 0 Å². The number of nitrogens with one attached hydrogen (secondary N) is 2. The fourth-order valence-electron chi connectivity index (χ4n) is 1.87. The SMILES string of the molecule is CC(CCC(=O)O)NC(=O)NCC1CCSCC1. The van der Waals surface area contributed by atoms with Gasteiger partial charge in [0.25, 0.3) is 0 Å². The first-order valence-electron chi connectivity index (χ1n) is 6.42. The minimum Gasteiger partial charge on any atom is -0.481 e. The Hall–Kier alpha value is -0.910. The first-order valence-corrected chi connectivity index (χ1v) is 7.57. The zero-order chi connectivity index (χ0) is 13.4. The summed E-state index contributed by atoms with van der Waals surface area (Å²) in [6, 6.07) is -0.297. The van der Waals surface area contributed by atoms with E-state index in [2.05, 4.69) is 10.6 Å². The predicted molar refractivity (Wildman–Crippen MR) is 72.9 cm³/mol. The molecule has 1 rings (SSSR count). The van der Waals surface area contributed by atoms with E-state index in [0.29, 0.717) is 12.3 Å². The van der Waals surface area contributed by atoms with Gasteiger partial charge in [0.15, 0.2) is 0 Å². The number of hydrogen-bond donors (Lipinski definition) is 3. The largest absolute Gasteiger partial charge is 0.481 e. The van der Waals surface area contributed by atoms with E-state index in [4.69, 9.17) is 5.11 Å². The van der Waals surface area contributed by atoms with E-state index in [1.807, 2.05) is 18.7 Å². The van der Waals surface area contributed by atoms with E-state index in [-0.39, 0.29) is 18.5 Å². The normalized spacial score (nSPS) is 18.1. The highest BCUT2D eigenvalue weighted by molar-refractivity contribution is 7.99. The van der Waals surface area contributed by atoms with Gasteiger partial charge < -0.3 is 15.7 Å². The van der Waals surface area contributed by atoms with E-state index in [9.17, 15) is 9.59 Å². The van der Waals surface area contributed by atoms with Crippen LogP contribution in [0.25, 0.3) is 0 Å². The molecule has 0 radical (unpaired) electrons. The Kier molecular flexibility index (Phi) is 6.93. The van der Waals surface area contributed by atoms with Gasteiger partial charge in [0.2, 0.25) is 0 Å². The number of carboxylic acid groups (broad SMARTS) is 1. The number of rotatable bonds is 6. The smallest absolute Gasteiger partial charge is 0.315 e. The van der Waals surface area contributed by atoms with Gasteiger partial charge in [-0.1, -0.05) is 0 Å². The fraction of sp³-hybridized carbons (Fsp3) is 0.833. The molecule has 1 unspecified atom stereocenters. The summed E-state index contributed by atoms with van der Waals surface area (Å²) in [5.74, 6) is 2.13. The molecule has 0 aliphatic carbocycles. The van der Waals surface area contributed by atoms with Crippen molar-refractivity contribution in [3.8, 4) is 0 Å². The topological polar surface area (TPSA) is 78.4 Å². The Morgan fingerprint density at radius 1 is 1.39 bits per heavy atom. The van der Waals surface area contributed by atoms with Gasteiger partial charge in [-0.25, -0.2) is 4.79 Å². The average Bonchev–Trinajstić information content (AvgIpc) is 2.35. The molecule has 5 nitrogen and oxygen atoms in total. The standard InChI is InChI=1S/C12H22N2O3S/c1-9(2-3-11(15)16)14-12(17)13-8-10-4-6-18-7-5-10/h9-10H,2-8H2,1H3,(H,15,16)(H2,13,14,17). The monoisotopic (exact) mass is 274 g/mol. The van der Waals surface area contributed by atoms with Crippen molar-refractivity contribution >= 4 is 23.8 Å². The van der Waals surface area contributed by atoms with Gasteiger partial charge >= 0.3 is 12.0 Å². The quantitative estimate of drug-likeness (QED) is 0.688. The maximum atomic E-state index is 11.6. The van der Waals surface area contributed by atoms with Crippen molar-refractivity contribution in [2.45, 2.75) is 38.6 Å². The molecule has 0 aromatic rings. The van der Waals surface area contributed by atoms with Crippen LogP contribution in [0.1, 0.15) is 32.6 Å². The van der Waals surface area contributed by atoms with E-state index < -0.39 is 5.97 Å². The van der Waals surface area contributed by atoms with Crippen molar-refractivity contribution in [2.75, 3.05) is 18.1 Å². The maximum absolute atomic E-state index is 11.6. The number of carbonyl (C=O) groups is 2. The molecule has 18 heavy (non-hydrogen) atoms. The molecule has 0 aromatic heterocycles. The van der Waals surface area contributed by atoms with Gasteiger partial charge in [-0.05, 0) is 43.6 Å². The molecule has 0 spiro atoms. The Balaban J connectivity index is 2.10. The maximum Gasteiger partial charge on any atom is 0.315 e. The molecule has 3 N–H and O–H groups in total. The van der Waals surface area contributed by atoms with E-state index in [1.54, 1.807) is 0 Å². The predicted octanol–water partition coefficient (Wildman–Crippen LogP) is 1.68. The van der Waals surface area contributed by atoms with Crippen molar-refractivity contribution in [1.82, 2.24) is 10.6 Å². The summed E-state index contributed by atoms with van der Waals surface area (Å²) in [4.78, 5) is 22.0. The second-order valence-electron chi connectivity index (χ2n) is 4.74. The van der Waals surface area contributed by atoms with Crippen LogP contribution < -0.4 is 10.6 Å². The Morgan fingerprint density at radius 3 is 2.67 bits per heavy atom. The lowest BCUT2D eigenvalue weighted by Gasteiger charge is -2.22. The van der Waals surface area contributed by atoms with E-state index >= 15 is 0 Å². The molecule has 1 fully saturated rings. The number of amides is 2. The van der Waals surface area contributed by atoms with Gasteiger partial charge in [-0.3, -0.25) is 4.79 Å². The summed E-state index contributed by atoms with van der Waals surface area (Å²) >= 11 is 1.97. The second kappa shape index (κ2) is 8.24. The highest BCUT2D eigenvalue weighted by atomic mass is 32.2. The number of carbonyl (C=O) groups excluding carboxylic acids is 1. The number of carboxylic acids is 1. The molecule has 6 heteroatoms. The number of thioether (sulfide) groups is 1. The van der Waals surface area contributed by atoms with Crippen molar-refractivity contribution in [2.24, 2.45) is 5.92 Å². The van der Waals surface area contributed by atoms with Gasteiger partial charge in [0.05, 0.1) is 0 Å². The zero-order valence-corrected chi connectivity index (χ0v) is 11.6. The first-order chi connectivity index (χ1) is 8.58. The lowest BCUT2D eigenvalue weighted by atomic mass is 10.0. The molecule has 1 saturated heterocycles. The Labute approximate surface area is 112 Å². The lowest BCUT2D eigenvalue weighted by molar-refractivity contribution is -0.137. The molecule has 104 valence electrons. The fourth-order valence-corrected chi connectivity index (χ4v) is 3.08. The molecule has 0 aromatic carbocycles. The third-order valence-corrected chi connectivity index (χ3v) is 4.11. The molecule has 1 aliphatic rings. The molecule has 2 amide bonds. The Morgan fingerprint density at radius 2 is 2.06 bits per heavy atom. The van der Waals surface area contributed by atoms with Crippen molar-refractivity contribution < 1.29 is 14.7 Å². The summed E-state index contributed by atoms with van der Waals surface area (Å²) in [5.41, 5.74) is 0. The highest BCUT2D eigenvalue weighted by Gasteiger charge is 2.15. The van der Waals surface area contributed by atoms with Crippen LogP contribution in [0.2, 0.25) is 0 Å². The second-order valence-corrected chi connectivity index (χ2v) is 5.97. The number of hydrogen-bond acceptors (Lipinski definition) is 3. The van der Waals surface area contributed by atoms with Crippen LogP contribution in [-0.4, -0.2) is 41.2 Å². The van der Waals surface area contributed by atoms with Crippen LogP contribution in [-0.2, 0) is 4.79 Å². The molecule has 1 atom stereocenters. The van der Waals surface area contributed by atoms with Crippen LogP contribution in [0, 0.1) is 5.92 Å².